The lowest BCUT2D eigenvalue weighted by molar-refractivity contribution is -0.128. The van der Waals surface area contributed by atoms with Gasteiger partial charge >= 0.3 is 0 Å². The molecule has 0 radical (unpaired) electrons. The van der Waals surface area contributed by atoms with Crippen molar-refractivity contribution in [2.75, 3.05) is 31.2 Å². The summed E-state index contributed by atoms with van der Waals surface area (Å²) in [5.74, 6) is 0.00249. The molecule has 0 aliphatic heterocycles. The number of rotatable bonds is 6. The van der Waals surface area contributed by atoms with Gasteiger partial charge < -0.3 is 4.90 Å². The summed E-state index contributed by atoms with van der Waals surface area (Å²) >= 11 is 0. The largest absolute Gasteiger partial charge is 0.349 e. The molecule has 0 aliphatic carbocycles. The van der Waals surface area contributed by atoms with E-state index in [0.717, 1.165) is 5.56 Å². The maximum Gasteiger partial charge on any atom is 0.232 e. The van der Waals surface area contributed by atoms with Gasteiger partial charge in [0.2, 0.25) is 15.9 Å². The maximum atomic E-state index is 11.9. The molecule has 1 rings (SSSR count). The number of amides is 1. The van der Waals surface area contributed by atoms with Crippen LogP contribution in [0.25, 0.3) is 0 Å². The summed E-state index contributed by atoms with van der Waals surface area (Å²) in [5.41, 5.74) is 1.64. The van der Waals surface area contributed by atoms with Gasteiger partial charge in [-0.3, -0.25) is 9.10 Å². The third kappa shape index (κ3) is 4.85. The van der Waals surface area contributed by atoms with Gasteiger partial charge in [0.1, 0.15) is 0 Å². The van der Waals surface area contributed by atoms with Crippen LogP contribution in [0.3, 0.4) is 0 Å². The standard InChI is InChI=1S/C14H22N2O3S/c1-12-7-5-8-13(11-12)16(20(4,18)19)10-6-9-14(17)15(2)3/h5,7-8,11H,6,9-10H2,1-4H3. The highest BCUT2D eigenvalue weighted by molar-refractivity contribution is 7.92. The van der Waals surface area contributed by atoms with Crippen LogP contribution in [0, 0.1) is 6.92 Å². The zero-order chi connectivity index (χ0) is 15.3. The van der Waals surface area contributed by atoms with E-state index < -0.39 is 10.0 Å². The van der Waals surface area contributed by atoms with E-state index in [1.165, 1.54) is 15.5 Å². The smallest absolute Gasteiger partial charge is 0.232 e. The molecule has 0 N–H and O–H groups in total. The van der Waals surface area contributed by atoms with Crippen molar-refractivity contribution in [3.05, 3.63) is 29.8 Å². The SMILES string of the molecule is Cc1cccc(N(CCCC(=O)N(C)C)S(C)(=O)=O)c1. The normalized spacial score (nSPS) is 11.2. The summed E-state index contributed by atoms with van der Waals surface area (Å²) in [6, 6.07) is 7.34. The highest BCUT2D eigenvalue weighted by Crippen LogP contribution is 2.19. The second-order valence-corrected chi connectivity index (χ2v) is 6.97. The predicted molar refractivity (Wildman–Crippen MR) is 81.3 cm³/mol. The summed E-state index contributed by atoms with van der Waals surface area (Å²) in [4.78, 5) is 13.0. The van der Waals surface area contributed by atoms with Gasteiger partial charge in [0.05, 0.1) is 11.9 Å². The summed E-state index contributed by atoms with van der Waals surface area (Å²) in [5, 5.41) is 0. The van der Waals surface area contributed by atoms with Crippen LogP contribution in [0.5, 0.6) is 0 Å². The second-order valence-electron chi connectivity index (χ2n) is 5.07. The first-order chi connectivity index (χ1) is 9.21. The van der Waals surface area contributed by atoms with E-state index in [9.17, 15) is 13.2 Å². The van der Waals surface area contributed by atoms with Crippen molar-refractivity contribution in [1.29, 1.82) is 0 Å². The van der Waals surface area contributed by atoms with Crippen molar-refractivity contribution < 1.29 is 13.2 Å². The van der Waals surface area contributed by atoms with Gasteiger partial charge in [-0.15, -0.1) is 0 Å². The fourth-order valence-electron chi connectivity index (χ4n) is 1.87. The van der Waals surface area contributed by atoms with E-state index in [-0.39, 0.29) is 5.91 Å². The Morgan fingerprint density at radius 2 is 1.90 bits per heavy atom. The first-order valence-corrected chi connectivity index (χ1v) is 8.31. The Kier molecular flexibility index (Phi) is 5.56. The number of carbonyl (C=O) groups is 1. The molecular formula is C14H22N2O3S. The van der Waals surface area contributed by atoms with Gasteiger partial charge in [-0.05, 0) is 31.0 Å². The lowest BCUT2D eigenvalue weighted by Gasteiger charge is -2.23. The highest BCUT2D eigenvalue weighted by atomic mass is 32.2. The number of hydrogen-bond donors (Lipinski definition) is 0. The Labute approximate surface area is 121 Å². The Hall–Kier alpha value is -1.56. The molecule has 0 saturated heterocycles. The minimum absolute atomic E-state index is 0.00249. The molecule has 0 bridgehead atoms. The lowest BCUT2D eigenvalue weighted by Crippen LogP contribution is -2.32. The average molecular weight is 298 g/mol. The van der Waals surface area contributed by atoms with Crippen molar-refractivity contribution >= 4 is 21.6 Å². The van der Waals surface area contributed by atoms with E-state index in [4.69, 9.17) is 0 Å². The third-order valence-electron chi connectivity index (χ3n) is 2.94. The molecular weight excluding hydrogens is 276 g/mol. The highest BCUT2D eigenvalue weighted by Gasteiger charge is 2.17. The van der Waals surface area contributed by atoms with Gasteiger partial charge in [-0.2, -0.15) is 0 Å². The van der Waals surface area contributed by atoms with Crippen LogP contribution < -0.4 is 4.31 Å². The summed E-state index contributed by atoms with van der Waals surface area (Å²) in [6.45, 7) is 2.22. The first-order valence-electron chi connectivity index (χ1n) is 6.46. The monoisotopic (exact) mass is 298 g/mol. The molecule has 5 nitrogen and oxygen atoms in total. The number of hydrogen-bond acceptors (Lipinski definition) is 3. The van der Waals surface area contributed by atoms with E-state index in [1.807, 2.05) is 25.1 Å². The molecule has 1 amide bonds. The molecule has 0 atom stereocenters. The van der Waals surface area contributed by atoms with Crippen LogP contribution in [0.4, 0.5) is 5.69 Å². The van der Waals surface area contributed by atoms with Crippen molar-refractivity contribution in [3.63, 3.8) is 0 Å². The molecule has 0 heterocycles. The van der Waals surface area contributed by atoms with E-state index in [1.54, 1.807) is 20.2 Å². The van der Waals surface area contributed by atoms with E-state index in [0.29, 0.717) is 25.1 Å². The molecule has 20 heavy (non-hydrogen) atoms. The van der Waals surface area contributed by atoms with Crippen LogP contribution in [-0.2, 0) is 14.8 Å². The molecule has 0 aromatic heterocycles. The van der Waals surface area contributed by atoms with Gasteiger partial charge in [0.25, 0.3) is 0 Å². The molecule has 0 aliphatic rings. The number of aryl methyl sites for hydroxylation is 1. The Morgan fingerprint density at radius 3 is 2.40 bits per heavy atom. The fraction of sp³-hybridized carbons (Fsp3) is 0.500. The lowest BCUT2D eigenvalue weighted by atomic mass is 10.2. The number of anilines is 1. The quantitative estimate of drug-likeness (QED) is 0.802. The van der Waals surface area contributed by atoms with Crippen molar-refractivity contribution in [1.82, 2.24) is 4.90 Å². The maximum absolute atomic E-state index is 11.9. The minimum Gasteiger partial charge on any atom is -0.349 e. The molecule has 0 saturated carbocycles. The second kappa shape index (κ2) is 6.74. The zero-order valence-corrected chi connectivity index (χ0v) is 13.3. The molecule has 112 valence electrons. The summed E-state index contributed by atoms with van der Waals surface area (Å²) < 4.78 is 25.1. The first kappa shape index (κ1) is 16.5. The number of sulfonamides is 1. The van der Waals surface area contributed by atoms with Crippen LogP contribution in [0.2, 0.25) is 0 Å². The van der Waals surface area contributed by atoms with Crippen LogP contribution in [-0.4, -0.2) is 46.1 Å². The number of benzene rings is 1. The molecule has 0 unspecified atom stereocenters. The van der Waals surface area contributed by atoms with Crippen LogP contribution in [0.1, 0.15) is 18.4 Å². The zero-order valence-electron chi connectivity index (χ0n) is 12.5. The fourth-order valence-corrected chi connectivity index (χ4v) is 2.82. The topological polar surface area (TPSA) is 57.7 Å². The Balaban J connectivity index is 2.80. The molecule has 6 heteroatoms. The molecule has 0 fully saturated rings. The molecule has 1 aromatic carbocycles. The molecule has 0 spiro atoms. The predicted octanol–water partition coefficient (Wildman–Crippen LogP) is 1.63. The average Bonchev–Trinajstić information content (AvgIpc) is 2.32. The van der Waals surface area contributed by atoms with Gasteiger partial charge in [-0.1, -0.05) is 12.1 Å². The van der Waals surface area contributed by atoms with Gasteiger partial charge in [0, 0.05) is 27.1 Å². The van der Waals surface area contributed by atoms with Crippen molar-refractivity contribution in [3.8, 4) is 0 Å². The third-order valence-corrected chi connectivity index (χ3v) is 4.13. The van der Waals surface area contributed by atoms with Crippen LogP contribution >= 0.6 is 0 Å². The summed E-state index contributed by atoms with van der Waals surface area (Å²) in [6.07, 6.45) is 2.02. The van der Waals surface area contributed by atoms with Gasteiger partial charge in [0.15, 0.2) is 0 Å². The summed E-state index contributed by atoms with van der Waals surface area (Å²) in [7, 11) is 0.0389. The Morgan fingerprint density at radius 1 is 1.25 bits per heavy atom. The van der Waals surface area contributed by atoms with E-state index in [2.05, 4.69) is 0 Å². The van der Waals surface area contributed by atoms with E-state index >= 15 is 0 Å². The molecule has 1 aromatic rings. The number of nitrogens with zero attached hydrogens (tertiary/aromatic N) is 2. The van der Waals surface area contributed by atoms with Crippen molar-refractivity contribution in [2.45, 2.75) is 19.8 Å². The Bertz CT molecular complexity index is 568. The minimum atomic E-state index is -3.34. The number of carbonyl (C=O) groups excluding carboxylic acids is 1. The van der Waals surface area contributed by atoms with Gasteiger partial charge in [-0.25, -0.2) is 8.42 Å². The van der Waals surface area contributed by atoms with Crippen molar-refractivity contribution in [2.24, 2.45) is 0 Å². The van der Waals surface area contributed by atoms with Crippen LogP contribution in [0.15, 0.2) is 24.3 Å².